The van der Waals surface area contributed by atoms with E-state index in [-0.39, 0.29) is 0 Å². The molecule has 0 nitrogen and oxygen atoms in total. The van der Waals surface area contributed by atoms with E-state index >= 15 is 0 Å². The summed E-state index contributed by atoms with van der Waals surface area (Å²) in [5.74, 6) is 4.44. The largest absolute Gasteiger partial charge is 0.122 e. The summed E-state index contributed by atoms with van der Waals surface area (Å²) in [5, 5.41) is 0. The Morgan fingerprint density at radius 3 is 1.72 bits per heavy atom. The van der Waals surface area contributed by atoms with Gasteiger partial charge in [-0.1, -0.05) is 81.1 Å². The Balaban J connectivity index is 1.29. The second-order valence-corrected chi connectivity index (χ2v) is 9.90. The van der Waals surface area contributed by atoms with Crippen molar-refractivity contribution in [2.24, 2.45) is 17.8 Å². The Kier molecular flexibility index (Phi) is 7.35. The van der Waals surface area contributed by atoms with E-state index in [1.807, 2.05) is 0 Å². The summed E-state index contributed by atoms with van der Waals surface area (Å²) < 4.78 is 0. The summed E-state index contributed by atoms with van der Waals surface area (Å²) in [6.07, 6.45) is 14.6. The minimum absolute atomic E-state index is 0.585. The first kappa shape index (κ1) is 21.0. The van der Waals surface area contributed by atoms with E-state index in [0.717, 1.165) is 23.7 Å². The molecule has 0 heterocycles. The third-order valence-electron chi connectivity index (χ3n) is 7.85. The highest BCUT2D eigenvalue weighted by atomic mass is 35.5. The molecule has 2 aromatic rings. The van der Waals surface area contributed by atoms with Crippen molar-refractivity contribution in [3.05, 3.63) is 59.7 Å². The SMILES string of the molecule is CCCC1CCC(C2CCC(c3ccc(-c4ccc(CCl)cc4)cc3)CC2)CC1. The molecule has 0 aromatic heterocycles. The minimum atomic E-state index is 0.585. The van der Waals surface area contributed by atoms with Gasteiger partial charge in [-0.15, -0.1) is 11.6 Å². The highest BCUT2D eigenvalue weighted by molar-refractivity contribution is 6.17. The number of halogens is 1. The fourth-order valence-corrected chi connectivity index (χ4v) is 6.19. The van der Waals surface area contributed by atoms with Crippen LogP contribution in [-0.2, 0) is 5.88 Å². The topological polar surface area (TPSA) is 0 Å². The van der Waals surface area contributed by atoms with Gasteiger partial charge in [0.25, 0.3) is 0 Å². The molecule has 2 saturated carbocycles. The molecule has 0 unspecified atom stereocenters. The molecule has 2 aliphatic carbocycles. The Hall–Kier alpha value is -1.27. The third-order valence-corrected chi connectivity index (χ3v) is 8.16. The van der Waals surface area contributed by atoms with E-state index in [4.69, 9.17) is 11.6 Å². The van der Waals surface area contributed by atoms with Gasteiger partial charge in [0.2, 0.25) is 0 Å². The second kappa shape index (κ2) is 10.2. The first-order valence-electron chi connectivity index (χ1n) is 12.0. The predicted octanol–water partition coefficient (Wildman–Crippen LogP) is 8.97. The molecule has 29 heavy (non-hydrogen) atoms. The first-order valence-corrected chi connectivity index (χ1v) is 12.6. The lowest BCUT2D eigenvalue weighted by molar-refractivity contribution is 0.156. The average molecular weight is 409 g/mol. The van der Waals surface area contributed by atoms with Crippen LogP contribution in [0.4, 0.5) is 0 Å². The molecule has 156 valence electrons. The van der Waals surface area contributed by atoms with Crippen molar-refractivity contribution in [1.82, 2.24) is 0 Å². The number of hydrogen-bond acceptors (Lipinski definition) is 0. The normalized spacial score (nSPS) is 27.7. The van der Waals surface area contributed by atoms with E-state index in [0.29, 0.717) is 5.88 Å². The monoisotopic (exact) mass is 408 g/mol. The second-order valence-electron chi connectivity index (χ2n) is 9.63. The molecule has 2 fully saturated rings. The average Bonchev–Trinajstić information content (AvgIpc) is 2.80. The highest BCUT2D eigenvalue weighted by Gasteiger charge is 2.31. The fraction of sp³-hybridized carbons (Fsp3) is 0.571. The number of alkyl halides is 1. The Morgan fingerprint density at radius 2 is 1.21 bits per heavy atom. The van der Waals surface area contributed by atoms with Crippen LogP contribution in [-0.4, -0.2) is 0 Å². The maximum Gasteiger partial charge on any atom is 0.0474 e. The van der Waals surface area contributed by atoms with Crippen molar-refractivity contribution in [2.45, 2.75) is 82.9 Å². The van der Waals surface area contributed by atoms with E-state index < -0.39 is 0 Å². The van der Waals surface area contributed by atoms with Gasteiger partial charge in [0.15, 0.2) is 0 Å². The molecule has 0 radical (unpaired) electrons. The predicted molar refractivity (Wildman–Crippen MR) is 126 cm³/mol. The van der Waals surface area contributed by atoms with Crippen LogP contribution in [0.15, 0.2) is 48.5 Å². The smallest absolute Gasteiger partial charge is 0.0474 e. The van der Waals surface area contributed by atoms with Crippen molar-refractivity contribution in [3.63, 3.8) is 0 Å². The lowest BCUT2D eigenvalue weighted by Gasteiger charge is -2.38. The van der Waals surface area contributed by atoms with E-state index in [9.17, 15) is 0 Å². The lowest BCUT2D eigenvalue weighted by atomic mass is 9.68. The standard InChI is InChI=1S/C28H37Cl/c1-2-3-21-4-8-23(9-5-21)25-12-16-27(17-13-25)28-18-14-26(15-19-28)24-10-6-22(20-29)7-11-24/h6-7,10-11,14-15,18-19,21,23,25,27H,2-5,8-9,12-13,16-17,20H2,1H3. The summed E-state index contributed by atoms with van der Waals surface area (Å²) >= 11 is 5.91. The van der Waals surface area contributed by atoms with Gasteiger partial charge in [0.05, 0.1) is 0 Å². The number of hydrogen-bond donors (Lipinski definition) is 0. The fourth-order valence-electron chi connectivity index (χ4n) is 6.01. The van der Waals surface area contributed by atoms with Gasteiger partial charge in [0.1, 0.15) is 0 Å². The molecule has 0 amide bonds. The van der Waals surface area contributed by atoms with Gasteiger partial charge >= 0.3 is 0 Å². The van der Waals surface area contributed by atoms with Gasteiger partial charge in [-0.2, -0.15) is 0 Å². The van der Waals surface area contributed by atoms with E-state index in [1.165, 1.54) is 80.9 Å². The lowest BCUT2D eigenvalue weighted by Crippen LogP contribution is -2.25. The van der Waals surface area contributed by atoms with E-state index in [2.05, 4.69) is 55.5 Å². The zero-order valence-electron chi connectivity index (χ0n) is 18.1. The molecule has 2 aliphatic rings. The van der Waals surface area contributed by atoms with Gasteiger partial charge in [-0.25, -0.2) is 0 Å². The van der Waals surface area contributed by atoms with Crippen LogP contribution in [0.5, 0.6) is 0 Å². The van der Waals surface area contributed by atoms with Crippen LogP contribution in [0.3, 0.4) is 0 Å². The van der Waals surface area contributed by atoms with Crippen LogP contribution < -0.4 is 0 Å². The first-order chi connectivity index (χ1) is 14.3. The van der Waals surface area contributed by atoms with Gasteiger partial charge in [-0.3, -0.25) is 0 Å². The molecule has 1 heteroatoms. The molecule has 0 atom stereocenters. The van der Waals surface area contributed by atoms with Crippen LogP contribution >= 0.6 is 11.6 Å². The summed E-state index contributed by atoms with van der Waals surface area (Å²) in [4.78, 5) is 0. The van der Waals surface area contributed by atoms with Crippen molar-refractivity contribution < 1.29 is 0 Å². The molecule has 2 aromatic carbocycles. The van der Waals surface area contributed by atoms with Gasteiger partial charge in [0, 0.05) is 5.88 Å². The maximum atomic E-state index is 5.91. The molecular formula is C28H37Cl. The molecule has 0 saturated heterocycles. The van der Waals surface area contributed by atoms with Crippen molar-refractivity contribution in [3.8, 4) is 11.1 Å². The number of rotatable bonds is 6. The third kappa shape index (κ3) is 5.26. The van der Waals surface area contributed by atoms with Crippen LogP contribution in [0.2, 0.25) is 0 Å². The summed E-state index contributed by atoms with van der Waals surface area (Å²) in [6.45, 7) is 2.34. The molecule has 0 bridgehead atoms. The van der Waals surface area contributed by atoms with Gasteiger partial charge < -0.3 is 0 Å². The molecule has 0 N–H and O–H groups in total. The quantitative estimate of drug-likeness (QED) is 0.418. The highest BCUT2D eigenvalue weighted by Crippen LogP contribution is 2.44. The molecule has 0 spiro atoms. The van der Waals surface area contributed by atoms with Crippen LogP contribution in [0, 0.1) is 17.8 Å². The molecule has 4 rings (SSSR count). The summed E-state index contributed by atoms with van der Waals surface area (Å²) in [6, 6.07) is 18.0. The maximum absolute atomic E-state index is 5.91. The molecular weight excluding hydrogens is 372 g/mol. The van der Waals surface area contributed by atoms with Crippen molar-refractivity contribution in [2.75, 3.05) is 0 Å². The summed E-state index contributed by atoms with van der Waals surface area (Å²) in [7, 11) is 0. The Morgan fingerprint density at radius 1 is 0.690 bits per heavy atom. The minimum Gasteiger partial charge on any atom is -0.122 e. The summed E-state index contributed by atoms with van der Waals surface area (Å²) in [5.41, 5.74) is 5.33. The number of benzene rings is 2. The van der Waals surface area contributed by atoms with Crippen LogP contribution in [0.1, 0.15) is 88.2 Å². The Bertz CT molecular complexity index is 729. The zero-order valence-corrected chi connectivity index (χ0v) is 18.8. The molecule has 0 aliphatic heterocycles. The van der Waals surface area contributed by atoms with Crippen molar-refractivity contribution in [1.29, 1.82) is 0 Å². The Labute approximate surface area is 183 Å². The van der Waals surface area contributed by atoms with E-state index in [1.54, 1.807) is 5.56 Å². The van der Waals surface area contributed by atoms with Crippen molar-refractivity contribution >= 4 is 11.6 Å². The zero-order chi connectivity index (χ0) is 20.1. The van der Waals surface area contributed by atoms with Crippen LogP contribution in [0.25, 0.3) is 11.1 Å². The van der Waals surface area contributed by atoms with Gasteiger partial charge in [-0.05, 0) is 84.5 Å².